The zero-order valence-corrected chi connectivity index (χ0v) is 22.2. The molecule has 1 unspecified atom stereocenters. The first-order chi connectivity index (χ1) is 19.4. The lowest BCUT2D eigenvalue weighted by Gasteiger charge is -2.41. The summed E-state index contributed by atoms with van der Waals surface area (Å²) in [5.41, 5.74) is 0.453. The number of fused-ring (bicyclic) bond motifs is 2. The van der Waals surface area contributed by atoms with Crippen LogP contribution in [0.15, 0.2) is 49.2 Å². The fraction of sp³-hybridized carbons (Fsp3) is 0.276. The van der Waals surface area contributed by atoms with Crippen LogP contribution < -0.4 is 9.80 Å². The average Bonchev–Trinajstić information content (AvgIpc) is 2.94. The third-order valence-corrected chi connectivity index (χ3v) is 7.92. The van der Waals surface area contributed by atoms with E-state index in [0.29, 0.717) is 53.1 Å². The highest BCUT2D eigenvalue weighted by atomic mass is 35.5. The molecule has 40 heavy (non-hydrogen) atoms. The van der Waals surface area contributed by atoms with E-state index in [4.69, 9.17) is 16.6 Å². The van der Waals surface area contributed by atoms with Crippen molar-refractivity contribution in [3.8, 4) is 17.3 Å². The summed E-state index contributed by atoms with van der Waals surface area (Å²) >= 11 is 6.33. The van der Waals surface area contributed by atoms with Gasteiger partial charge in [0.1, 0.15) is 22.8 Å². The van der Waals surface area contributed by atoms with Gasteiger partial charge in [-0.2, -0.15) is 10.2 Å². The van der Waals surface area contributed by atoms with E-state index in [2.05, 4.69) is 22.6 Å². The first kappa shape index (κ1) is 25.9. The Morgan fingerprint density at radius 2 is 1.98 bits per heavy atom. The molecule has 11 heteroatoms. The Balaban J connectivity index is 1.51. The molecule has 202 valence electrons. The van der Waals surface area contributed by atoms with E-state index in [1.165, 1.54) is 18.3 Å². The summed E-state index contributed by atoms with van der Waals surface area (Å²) in [6.45, 7) is 6.19. The summed E-state index contributed by atoms with van der Waals surface area (Å²) in [5, 5.41) is 10.7. The predicted molar refractivity (Wildman–Crippen MR) is 150 cm³/mol. The second-order valence-corrected chi connectivity index (χ2v) is 10.2. The molecule has 0 radical (unpaired) electrons. The number of amides is 1. The molecule has 2 aliphatic heterocycles. The van der Waals surface area contributed by atoms with Crippen LogP contribution in [0.3, 0.4) is 0 Å². The van der Waals surface area contributed by atoms with Gasteiger partial charge in [-0.1, -0.05) is 42.4 Å². The van der Waals surface area contributed by atoms with Gasteiger partial charge in [0.2, 0.25) is 11.9 Å². The number of carbonyl (C=O) groups is 1. The van der Waals surface area contributed by atoms with E-state index in [9.17, 15) is 14.4 Å². The van der Waals surface area contributed by atoms with Crippen LogP contribution >= 0.6 is 11.6 Å². The number of hydrogen-bond acceptors (Lipinski definition) is 7. The van der Waals surface area contributed by atoms with Crippen molar-refractivity contribution in [1.82, 2.24) is 19.9 Å². The number of benzene rings is 2. The Kier molecular flexibility index (Phi) is 6.68. The highest BCUT2D eigenvalue weighted by Gasteiger charge is 2.32. The third kappa shape index (κ3) is 4.27. The molecule has 0 bridgehead atoms. The third-order valence-electron chi connectivity index (χ3n) is 7.55. The van der Waals surface area contributed by atoms with Crippen LogP contribution in [0.25, 0.3) is 32.9 Å². The number of pyridine rings is 1. The van der Waals surface area contributed by atoms with Crippen LogP contribution in [0.4, 0.5) is 20.5 Å². The monoisotopic (exact) mass is 559 g/mol. The smallest absolute Gasteiger partial charge is 0.246 e. The minimum Gasteiger partial charge on any atom is -0.352 e. The molecule has 4 aromatic rings. The van der Waals surface area contributed by atoms with Crippen LogP contribution in [0.5, 0.6) is 0 Å². The Bertz CT molecular complexity index is 1720. The molecule has 1 amide bonds. The van der Waals surface area contributed by atoms with E-state index in [1.807, 2.05) is 9.80 Å². The zero-order valence-electron chi connectivity index (χ0n) is 21.4. The van der Waals surface area contributed by atoms with Gasteiger partial charge in [0.25, 0.3) is 0 Å². The summed E-state index contributed by atoms with van der Waals surface area (Å²) in [4.78, 5) is 31.8. The van der Waals surface area contributed by atoms with Crippen LogP contribution in [0, 0.1) is 23.0 Å². The minimum absolute atomic E-state index is 0.00793. The number of anilines is 2. The maximum atomic E-state index is 16.4. The summed E-state index contributed by atoms with van der Waals surface area (Å²) in [7, 11) is 0. The van der Waals surface area contributed by atoms with Crippen LogP contribution in [0.1, 0.15) is 12.8 Å². The van der Waals surface area contributed by atoms with Crippen LogP contribution in [-0.2, 0) is 4.79 Å². The molecule has 2 aromatic carbocycles. The van der Waals surface area contributed by atoms with Gasteiger partial charge >= 0.3 is 0 Å². The second kappa shape index (κ2) is 10.3. The molecule has 2 fully saturated rings. The Morgan fingerprint density at radius 1 is 1.15 bits per heavy atom. The predicted octanol–water partition coefficient (Wildman–Crippen LogP) is 5.10. The molecule has 6 rings (SSSR count). The normalized spacial score (nSPS) is 17.1. The van der Waals surface area contributed by atoms with E-state index < -0.39 is 11.6 Å². The number of hydrogen-bond donors (Lipinski definition) is 0. The first-order valence-corrected chi connectivity index (χ1v) is 13.3. The average molecular weight is 560 g/mol. The fourth-order valence-electron chi connectivity index (χ4n) is 5.36. The van der Waals surface area contributed by atoms with Crippen molar-refractivity contribution in [2.24, 2.45) is 0 Å². The molecule has 2 aliphatic rings. The molecule has 8 nitrogen and oxygen atoms in total. The second-order valence-electron chi connectivity index (χ2n) is 9.83. The van der Waals surface area contributed by atoms with E-state index in [-0.39, 0.29) is 34.6 Å². The number of aromatic nitrogens is 3. The number of piperazine rings is 1. The number of nitrogens with zero attached hydrogens (tertiary/aromatic N) is 7. The highest BCUT2D eigenvalue weighted by Crippen LogP contribution is 2.38. The Labute approximate surface area is 234 Å². The summed E-state index contributed by atoms with van der Waals surface area (Å²) in [6.07, 6.45) is 3.88. The maximum absolute atomic E-state index is 16.4. The minimum atomic E-state index is -0.662. The number of rotatable bonds is 5. The van der Waals surface area contributed by atoms with Crippen molar-refractivity contribution in [2.45, 2.75) is 18.9 Å². The number of carbonyl (C=O) groups excluding carboxylic acids is 1. The lowest BCUT2D eigenvalue weighted by molar-refractivity contribution is -0.128. The van der Waals surface area contributed by atoms with Gasteiger partial charge in [-0.05, 0) is 23.9 Å². The Hall–Kier alpha value is -4.36. The van der Waals surface area contributed by atoms with Gasteiger partial charge in [0.15, 0.2) is 5.82 Å². The lowest BCUT2D eigenvalue weighted by atomic mass is 10.0. The van der Waals surface area contributed by atoms with Crippen molar-refractivity contribution in [2.75, 3.05) is 42.5 Å². The van der Waals surface area contributed by atoms with Crippen molar-refractivity contribution in [3.05, 3.63) is 65.8 Å². The van der Waals surface area contributed by atoms with Gasteiger partial charge in [0, 0.05) is 49.9 Å². The highest BCUT2D eigenvalue weighted by molar-refractivity contribution is 6.36. The Morgan fingerprint density at radius 3 is 2.70 bits per heavy atom. The fourth-order valence-corrected chi connectivity index (χ4v) is 5.63. The van der Waals surface area contributed by atoms with Gasteiger partial charge in [-0.3, -0.25) is 9.78 Å². The van der Waals surface area contributed by atoms with Gasteiger partial charge in [-0.15, -0.1) is 0 Å². The van der Waals surface area contributed by atoms with Crippen molar-refractivity contribution < 1.29 is 13.6 Å². The van der Waals surface area contributed by atoms with Gasteiger partial charge < -0.3 is 14.7 Å². The molecule has 1 atom stereocenters. The molecule has 2 aromatic heterocycles. The molecular weight excluding hydrogens is 536 g/mol. The van der Waals surface area contributed by atoms with E-state index in [0.717, 1.165) is 19.5 Å². The topological polar surface area (TPSA) is 89.2 Å². The van der Waals surface area contributed by atoms with Gasteiger partial charge in [-0.25, -0.2) is 13.8 Å². The van der Waals surface area contributed by atoms with E-state index in [1.54, 1.807) is 29.2 Å². The lowest BCUT2D eigenvalue weighted by Crippen LogP contribution is -2.55. The zero-order chi connectivity index (χ0) is 28.0. The van der Waals surface area contributed by atoms with Crippen LogP contribution in [-0.4, -0.2) is 64.5 Å². The summed E-state index contributed by atoms with van der Waals surface area (Å²) in [6, 6.07) is 9.82. The molecule has 4 heterocycles. The SMILES string of the molecule is C=CC(=O)N1CCN(c2nc(N3CCC3)nc3c(F)c(-c4cccc5ccc(F)c(Cl)c45)ncc23)CC1CC#N. The van der Waals surface area contributed by atoms with Gasteiger partial charge in [0.05, 0.1) is 28.9 Å². The maximum Gasteiger partial charge on any atom is 0.246 e. The quantitative estimate of drug-likeness (QED) is 0.314. The first-order valence-electron chi connectivity index (χ1n) is 12.9. The molecule has 0 N–H and O–H groups in total. The van der Waals surface area contributed by atoms with Crippen molar-refractivity contribution in [3.63, 3.8) is 0 Å². The standard InChI is InChI=1S/C29H24ClF2N7O/c1-2-22(40)39-14-13-38(16-18(39)9-10-33)28-20-15-34-26(25(32)27(20)35-29(36-28)37-11-4-12-37)19-6-3-5-17-7-8-21(31)24(30)23(17)19/h2-3,5-8,15,18H,1,4,9,11-14,16H2. The van der Waals surface area contributed by atoms with Crippen molar-refractivity contribution in [1.29, 1.82) is 5.26 Å². The van der Waals surface area contributed by atoms with Crippen molar-refractivity contribution >= 4 is 50.9 Å². The molecular formula is C29H24ClF2N7O. The molecule has 0 aliphatic carbocycles. The molecule has 2 saturated heterocycles. The summed E-state index contributed by atoms with van der Waals surface area (Å²) in [5.74, 6) is -0.622. The number of halogens is 3. The van der Waals surface area contributed by atoms with Crippen LogP contribution in [0.2, 0.25) is 5.02 Å². The molecule has 0 saturated carbocycles. The van der Waals surface area contributed by atoms with E-state index >= 15 is 4.39 Å². The summed E-state index contributed by atoms with van der Waals surface area (Å²) < 4.78 is 30.8. The molecule has 0 spiro atoms. The largest absolute Gasteiger partial charge is 0.352 e. The number of nitriles is 1.